The minimum atomic E-state index is 0.00916. The molecule has 0 bridgehead atoms. The van der Waals surface area contributed by atoms with Crippen LogP contribution in [0, 0.1) is 5.92 Å². The first-order valence-corrected chi connectivity index (χ1v) is 7.93. The van der Waals surface area contributed by atoms with Gasteiger partial charge in [0.15, 0.2) is 0 Å². The molecular weight excluding hydrogens is 240 g/mol. The van der Waals surface area contributed by atoms with Gasteiger partial charge in [-0.3, -0.25) is 4.79 Å². The van der Waals surface area contributed by atoms with Crippen LogP contribution in [-0.4, -0.2) is 37.7 Å². The maximum Gasteiger partial charge on any atom is 0.308 e. The lowest BCUT2D eigenvalue weighted by molar-refractivity contribution is -0.149. The largest absolute Gasteiger partial charge is 0.466 e. The first kappa shape index (κ1) is 14.8. The van der Waals surface area contributed by atoms with E-state index in [0.717, 1.165) is 32.2 Å². The van der Waals surface area contributed by atoms with Crippen molar-refractivity contribution in [2.45, 2.75) is 64.0 Å². The van der Waals surface area contributed by atoms with Gasteiger partial charge >= 0.3 is 5.97 Å². The van der Waals surface area contributed by atoms with E-state index in [1.165, 1.54) is 25.8 Å². The van der Waals surface area contributed by atoms with Gasteiger partial charge in [-0.05, 0) is 52.0 Å². The third-order valence-corrected chi connectivity index (χ3v) is 4.41. The van der Waals surface area contributed by atoms with Gasteiger partial charge in [0.05, 0.1) is 12.5 Å². The molecule has 0 aromatic carbocycles. The number of nitrogens with one attached hydrogen (secondary N) is 2. The highest BCUT2D eigenvalue weighted by molar-refractivity contribution is 5.72. The summed E-state index contributed by atoms with van der Waals surface area (Å²) in [7, 11) is 0. The number of carbonyl (C=O) groups excluding carboxylic acids is 1. The summed E-state index contributed by atoms with van der Waals surface area (Å²) in [6.45, 7) is 4.63. The van der Waals surface area contributed by atoms with Gasteiger partial charge in [0.1, 0.15) is 0 Å². The Morgan fingerprint density at radius 3 is 2.63 bits per heavy atom. The Balaban J connectivity index is 1.61. The second kappa shape index (κ2) is 7.85. The Morgan fingerprint density at radius 1 is 1.21 bits per heavy atom. The Labute approximate surface area is 116 Å². The summed E-state index contributed by atoms with van der Waals surface area (Å²) >= 11 is 0. The average Bonchev–Trinajstić information content (AvgIpc) is 2.47. The van der Waals surface area contributed by atoms with E-state index in [0.29, 0.717) is 18.7 Å². The summed E-state index contributed by atoms with van der Waals surface area (Å²) in [6, 6.07) is 1.24. The zero-order chi connectivity index (χ0) is 13.5. The molecule has 2 N–H and O–H groups in total. The van der Waals surface area contributed by atoms with Crippen molar-refractivity contribution >= 4 is 5.97 Å². The molecule has 2 fully saturated rings. The van der Waals surface area contributed by atoms with Gasteiger partial charge in [-0.1, -0.05) is 6.42 Å². The van der Waals surface area contributed by atoms with Crippen molar-refractivity contribution in [1.82, 2.24) is 10.6 Å². The van der Waals surface area contributed by atoms with Crippen LogP contribution in [0.4, 0.5) is 0 Å². The summed E-state index contributed by atoms with van der Waals surface area (Å²) in [5.41, 5.74) is 0. The van der Waals surface area contributed by atoms with Crippen molar-refractivity contribution in [2.75, 3.05) is 19.7 Å². The molecule has 1 heterocycles. The highest BCUT2D eigenvalue weighted by atomic mass is 16.5. The van der Waals surface area contributed by atoms with Crippen LogP contribution in [0.3, 0.4) is 0 Å². The summed E-state index contributed by atoms with van der Waals surface area (Å²) in [6.07, 6.45) is 8.15. The smallest absolute Gasteiger partial charge is 0.308 e. The fraction of sp³-hybridized carbons (Fsp3) is 0.933. The summed E-state index contributed by atoms with van der Waals surface area (Å²) in [5.74, 6) is 0.153. The van der Waals surface area contributed by atoms with Crippen LogP contribution in [0.1, 0.15) is 51.9 Å². The lowest BCUT2D eigenvalue weighted by atomic mass is 9.86. The molecule has 4 heteroatoms. The fourth-order valence-corrected chi connectivity index (χ4v) is 3.20. The van der Waals surface area contributed by atoms with Crippen LogP contribution < -0.4 is 10.6 Å². The molecule has 1 aliphatic heterocycles. The molecule has 0 radical (unpaired) electrons. The molecule has 0 aromatic heterocycles. The molecule has 1 atom stereocenters. The van der Waals surface area contributed by atoms with Crippen LogP contribution in [0.25, 0.3) is 0 Å². The van der Waals surface area contributed by atoms with E-state index in [4.69, 9.17) is 4.74 Å². The lowest BCUT2D eigenvalue weighted by Gasteiger charge is -2.30. The molecule has 2 aliphatic rings. The van der Waals surface area contributed by atoms with E-state index in [9.17, 15) is 4.79 Å². The Morgan fingerprint density at radius 2 is 2.00 bits per heavy atom. The zero-order valence-electron chi connectivity index (χ0n) is 12.1. The van der Waals surface area contributed by atoms with Crippen molar-refractivity contribution in [3.05, 3.63) is 0 Å². The summed E-state index contributed by atoms with van der Waals surface area (Å²) < 4.78 is 5.10. The van der Waals surface area contributed by atoms with Crippen LogP contribution in [0.5, 0.6) is 0 Å². The number of rotatable bonds is 5. The Bertz CT molecular complexity index is 269. The molecular formula is C15H28N2O2. The minimum Gasteiger partial charge on any atom is -0.466 e. The van der Waals surface area contributed by atoms with Gasteiger partial charge in [-0.2, -0.15) is 0 Å². The maximum atomic E-state index is 11.7. The van der Waals surface area contributed by atoms with Gasteiger partial charge in [0, 0.05) is 18.6 Å². The van der Waals surface area contributed by atoms with Crippen molar-refractivity contribution in [3.63, 3.8) is 0 Å². The minimum absolute atomic E-state index is 0.00916. The number of hydrogen-bond acceptors (Lipinski definition) is 4. The third kappa shape index (κ3) is 4.77. The molecule has 0 aromatic rings. The molecule has 4 nitrogen and oxygen atoms in total. The molecule has 1 aliphatic carbocycles. The second-order valence-corrected chi connectivity index (χ2v) is 5.86. The Hall–Kier alpha value is -0.610. The van der Waals surface area contributed by atoms with Gasteiger partial charge in [-0.15, -0.1) is 0 Å². The van der Waals surface area contributed by atoms with E-state index >= 15 is 0 Å². The average molecular weight is 268 g/mol. The highest BCUT2D eigenvalue weighted by Gasteiger charge is 2.27. The van der Waals surface area contributed by atoms with Gasteiger partial charge < -0.3 is 15.4 Å². The van der Waals surface area contributed by atoms with Crippen LogP contribution in [-0.2, 0) is 9.53 Å². The number of esters is 1. The molecule has 1 saturated heterocycles. The van der Waals surface area contributed by atoms with Gasteiger partial charge in [-0.25, -0.2) is 0 Å². The number of carbonyl (C=O) groups is 1. The summed E-state index contributed by atoms with van der Waals surface area (Å²) in [5, 5.41) is 7.23. The van der Waals surface area contributed by atoms with E-state index in [1.54, 1.807) is 0 Å². The van der Waals surface area contributed by atoms with Crippen molar-refractivity contribution in [3.8, 4) is 0 Å². The normalized spacial score (nSPS) is 31.9. The molecule has 1 unspecified atom stereocenters. The molecule has 0 amide bonds. The van der Waals surface area contributed by atoms with Gasteiger partial charge in [0.2, 0.25) is 0 Å². The second-order valence-electron chi connectivity index (χ2n) is 5.86. The van der Waals surface area contributed by atoms with Crippen LogP contribution >= 0.6 is 0 Å². The van der Waals surface area contributed by atoms with Crippen LogP contribution in [0.2, 0.25) is 0 Å². The Kier molecular flexibility index (Phi) is 6.11. The predicted octanol–water partition coefficient (Wildman–Crippen LogP) is 1.84. The van der Waals surface area contributed by atoms with Gasteiger partial charge in [0.25, 0.3) is 0 Å². The monoisotopic (exact) mass is 268 g/mol. The standard InChI is InChI=1S/C15H28N2O2/c1-2-19-15(18)12-6-8-13(9-7-12)17-11-14-5-3-4-10-16-14/h12-14,16-17H,2-11H2,1H3. The molecule has 2 rings (SSSR count). The van der Waals surface area contributed by atoms with E-state index in [2.05, 4.69) is 10.6 Å². The maximum absolute atomic E-state index is 11.7. The quantitative estimate of drug-likeness (QED) is 0.747. The highest BCUT2D eigenvalue weighted by Crippen LogP contribution is 2.25. The van der Waals surface area contributed by atoms with E-state index < -0.39 is 0 Å². The fourth-order valence-electron chi connectivity index (χ4n) is 3.20. The predicted molar refractivity (Wildman–Crippen MR) is 76.0 cm³/mol. The van der Waals surface area contributed by atoms with E-state index in [1.807, 2.05) is 6.92 Å². The third-order valence-electron chi connectivity index (χ3n) is 4.41. The summed E-state index contributed by atoms with van der Waals surface area (Å²) in [4.78, 5) is 11.7. The van der Waals surface area contributed by atoms with Crippen molar-refractivity contribution in [1.29, 1.82) is 0 Å². The molecule has 110 valence electrons. The number of ether oxygens (including phenoxy) is 1. The van der Waals surface area contributed by atoms with Crippen molar-refractivity contribution in [2.24, 2.45) is 5.92 Å². The van der Waals surface area contributed by atoms with Crippen LogP contribution in [0.15, 0.2) is 0 Å². The first-order valence-electron chi connectivity index (χ1n) is 7.93. The molecule has 0 spiro atoms. The van der Waals surface area contributed by atoms with Crippen molar-refractivity contribution < 1.29 is 9.53 Å². The number of hydrogen-bond donors (Lipinski definition) is 2. The number of piperidine rings is 1. The van der Waals surface area contributed by atoms with E-state index in [-0.39, 0.29) is 11.9 Å². The SMILES string of the molecule is CCOC(=O)C1CCC(NCC2CCCCN2)CC1. The molecule has 1 saturated carbocycles. The molecule has 19 heavy (non-hydrogen) atoms. The first-order chi connectivity index (χ1) is 9.29. The topological polar surface area (TPSA) is 50.4 Å². The zero-order valence-corrected chi connectivity index (χ0v) is 12.1. The lowest BCUT2D eigenvalue weighted by Crippen LogP contribution is -2.45.